The first-order chi connectivity index (χ1) is 25.8. The van der Waals surface area contributed by atoms with Crippen molar-refractivity contribution in [2.45, 2.75) is 166 Å². The molecule has 0 spiro atoms. The zero-order valence-corrected chi connectivity index (χ0v) is 48.5. The average Bonchev–Trinajstić information content (AvgIpc) is 3.14. The molecule has 0 saturated carbocycles. The summed E-state index contributed by atoms with van der Waals surface area (Å²) in [6, 6.07) is 39.2. The minimum atomic E-state index is 0. The van der Waals surface area contributed by atoms with Crippen LogP contribution in [0.3, 0.4) is 0 Å². The second kappa shape index (κ2) is 56.8. The Morgan fingerprint density at radius 3 is 0.655 bits per heavy atom. The van der Waals surface area contributed by atoms with Gasteiger partial charge in [0, 0.05) is 0 Å². The molecule has 0 bridgehead atoms. The fourth-order valence-corrected chi connectivity index (χ4v) is 2.03. The van der Waals surface area contributed by atoms with Gasteiger partial charge in [0.15, 0.2) is 0 Å². The molecule has 0 atom stereocenters. The van der Waals surface area contributed by atoms with Crippen molar-refractivity contribution in [3.05, 3.63) is 153 Å². The van der Waals surface area contributed by atoms with E-state index in [0.717, 1.165) is 5.56 Å². The molecule has 0 fully saturated rings. The molecule has 0 aliphatic rings. The van der Waals surface area contributed by atoms with E-state index in [4.69, 9.17) is 19.7 Å². The molecule has 2 heteroatoms. The maximum absolute atomic E-state index is 5.19. The summed E-state index contributed by atoms with van der Waals surface area (Å²) in [6.07, 6.45) is 4.08. The molecule has 0 aromatic heterocycles. The van der Waals surface area contributed by atoms with Crippen LogP contribution in [-0.2, 0) is 42.1 Å². The quantitative estimate of drug-likeness (QED) is 0.139. The van der Waals surface area contributed by atoms with Gasteiger partial charge in [-0.2, -0.15) is 12.1 Å². The van der Waals surface area contributed by atoms with Crippen LogP contribution in [0.15, 0.2) is 121 Å². The first kappa shape index (κ1) is 79.8. The summed E-state index contributed by atoms with van der Waals surface area (Å²) in [4.78, 5) is 0. The van der Waals surface area contributed by atoms with E-state index in [0.29, 0.717) is 21.7 Å². The summed E-state index contributed by atoms with van der Waals surface area (Å²) in [7, 11) is 0. The minimum absolute atomic E-state index is 0. The first-order valence-electron chi connectivity index (χ1n) is 20.9. The van der Waals surface area contributed by atoms with Crippen LogP contribution in [-0.4, -0.2) is 0 Å². The molecule has 0 N–H and O–H groups in total. The number of hydrogen-bond acceptors (Lipinski definition) is 0. The van der Waals surface area contributed by atoms with E-state index in [1.165, 1.54) is 29.0 Å². The summed E-state index contributed by atoms with van der Waals surface area (Å²) in [6.45, 7) is 65.6. The van der Waals surface area contributed by atoms with E-state index >= 15 is 0 Å². The van der Waals surface area contributed by atoms with Crippen molar-refractivity contribution >= 4 is 16.8 Å². The molecule has 0 aliphatic heterocycles. The van der Waals surface area contributed by atoms with Crippen LogP contribution in [0, 0.1) is 47.5 Å². The topological polar surface area (TPSA) is 0 Å². The van der Waals surface area contributed by atoms with Crippen LogP contribution < -0.4 is 0 Å². The summed E-state index contributed by atoms with van der Waals surface area (Å²) in [5.74, 6) is 0. The van der Waals surface area contributed by atoms with E-state index in [1.54, 1.807) is 0 Å². The molecule has 0 unspecified atom stereocenters. The Morgan fingerprint density at radius 1 is 0.345 bits per heavy atom. The van der Waals surface area contributed by atoms with Gasteiger partial charge in [-0.3, -0.25) is 0 Å². The molecule has 0 heterocycles. The minimum Gasteiger partial charge on any atom is -0.394 e. The Morgan fingerprint density at radius 2 is 0.534 bits per heavy atom. The van der Waals surface area contributed by atoms with Crippen molar-refractivity contribution in [1.29, 1.82) is 0 Å². The molecule has 0 radical (unpaired) electrons. The molecule has 0 amide bonds. The number of benzene rings is 4. The van der Waals surface area contributed by atoms with Gasteiger partial charge in [0.2, 0.25) is 0 Å². The third-order valence-corrected chi connectivity index (χ3v) is 3.35. The molecule has 0 aliphatic carbocycles. The number of allylic oxidation sites excluding steroid dienone is 2. The van der Waals surface area contributed by atoms with E-state index in [1.807, 2.05) is 116 Å². The maximum Gasteiger partial charge on any atom is 2.00 e. The van der Waals surface area contributed by atoms with E-state index in [2.05, 4.69) is 165 Å². The molecule has 4 rings (SSSR count). The van der Waals surface area contributed by atoms with Crippen molar-refractivity contribution in [2.24, 2.45) is 21.7 Å². The number of hydrogen-bond donors (Lipinski definition) is 0. The maximum atomic E-state index is 5.19. The molecule has 332 valence electrons. The summed E-state index contributed by atoms with van der Waals surface area (Å²) < 4.78 is 0. The van der Waals surface area contributed by atoms with Gasteiger partial charge in [0.25, 0.3) is 0 Å². The Kier molecular flexibility index (Phi) is 78.2. The van der Waals surface area contributed by atoms with Gasteiger partial charge in [-0.25, -0.2) is 12.1 Å². The van der Waals surface area contributed by atoms with Crippen molar-refractivity contribution in [3.8, 4) is 0 Å². The molecule has 4 aromatic carbocycles. The molecule has 4 aromatic rings. The molecule has 0 nitrogen and oxygen atoms in total. The van der Waals surface area contributed by atoms with Gasteiger partial charge in [0.1, 0.15) is 0 Å². The van der Waals surface area contributed by atoms with Crippen LogP contribution >= 0.6 is 0 Å². The Labute approximate surface area is 396 Å². The predicted molar refractivity (Wildman–Crippen MR) is 268 cm³/mol. The predicted octanol–water partition coefficient (Wildman–Crippen LogP) is 19.7. The van der Waals surface area contributed by atoms with Gasteiger partial charge in [-0.05, 0) is 32.4 Å². The van der Waals surface area contributed by atoms with Gasteiger partial charge >= 0.3 is 42.1 Å². The van der Waals surface area contributed by atoms with Crippen LogP contribution in [0.2, 0.25) is 0 Å². The van der Waals surface area contributed by atoms with Crippen LogP contribution in [0.1, 0.15) is 172 Å². The van der Waals surface area contributed by atoms with Crippen LogP contribution in [0.25, 0.3) is 16.8 Å². The molecular formula is C56H96W2. The Balaban J connectivity index is -0.0000000560. The Bertz CT molecular complexity index is 1090. The van der Waals surface area contributed by atoms with Crippen molar-refractivity contribution in [3.63, 3.8) is 0 Å². The molecule has 0 saturated heterocycles. The van der Waals surface area contributed by atoms with Gasteiger partial charge < -0.3 is 43.5 Å². The fraction of sp³-hybridized carbons (Fsp3) is 0.500. The zero-order valence-electron chi connectivity index (χ0n) is 42.7. The summed E-state index contributed by atoms with van der Waals surface area (Å²) >= 11 is 0. The van der Waals surface area contributed by atoms with Gasteiger partial charge in [-0.1, -0.05) is 251 Å². The van der Waals surface area contributed by atoms with E-state index in [-0.39, 0.29) is 42.1 Å². The zero-order chi connectivity index (χ0) is 46.3. The smallest absolute Gasteiger partial charge is 0.394 e. The van der Waals surface area contributed by atoms with Crippen LogP contribution in [0.5, 0.6) is 0 Å². The monoisotopic (exact) mass is 1140 g/mol. The fourth-order valence-electron chi connectivity index (χ4n) is 2.03. The molecule has 58 heavy (non-hydrogen) atoms. The number of fused-ring (bicyclic) bond motifs is 1. The average molecular weight is 1140 g/mol. The van der Waals surface area contributed by atoms with Crippen molar-refractivity contribution in [1.82, 2.24) is 0 Å². The second-order valence-electron chi connectivity index (χ2n) is 17.4. The standard InChI is InChI=1S/C10H8.C8H6.C6H6.4C5H12.C4H4.4C2H6.2W/c1-2-6-10-8-4-3-7-9(10)5-1;1-2-8-6-4-3-5-7-8;1-2-4-6-5-3-1;4*1-5(2,3)4;1-3-4-2;4*1-2;;/h1-8H;1-6H;1-6H;4*1-4H3;1-4H;4*1-2H3;;/q;-2;;;;;;-2;;;;;2*+2. The van der Waals surface area contributed by atoms with Gasteiger partial charge in [0.05, 0.1) is 0 Å². The largest absolute Gasteiger partial charge is 2.00 e. The third-order valence-electron chi connectivity index (χ3n) is 3.35. The second-order valence-corrected chi connectivity index (χ2v) is 17.4. The Hall–Kier alpha value is -2.26. The SMILES string of the molecule is CC.CC.CC.CC.CC(C)(C)C.CC(C)(C)C.CC(C)(C)C.CC(C)(C)C.[CH-]=CC=[CH-].[CH-]=Cc1[c-]cccc1.[W+2].[W+2].c1ccc2ccccc2c1.c1ccccc1. The van der Waals surface area contributed by atoms with Crippen molar-refractivity contribution in [2.75, 3.05) is 0 Å². The number of rotatable bonds is 2. The summed E-state index contributed by atoms with van der Waals surface area (Å²) in [5, 5.41) is 2.62. The van der Waals surface area contributed by atoms with Crippen molar-refractivity contribution < 1.29 is 42.1 Å². The van der Waals surface area contributed by atoms with E-state index < -0.39 is 0 Å². The summed E-state index contributed by atoms with van der Waals surface area (Å²) in [5.41, 5.74) is 2.94. The van der Waals surface area contributed by atoms with E-state index in [9.17, 15) is 0 Å². The third kappa shape index (κ3) is 139. The first-order valence-corrected chi connectivity index (χ1v) is 20.9. The van der Waals surface area contributed by atoms with Crippen LogP contribution in [0.4, 0.5) is 0 Å². The molecular weight excluding hydrogens is 1040 g/mol. The normalized spacial score (nSPS) is 8.62. The van der Waals surface area contributed by atoms with Gasteiger partial charge in [-0.15, -0.1) is 6.07 Å².